The Labute approximate surface area is 247 Å². The standard InChI is InChI=1S/C33H42FN5O3/c1-19-18-38(13-11-35-19)32(37-29-15-22-14-27(20(29)2)33(22,3)4)36-23-7-9-25-26(16-23)31(41)39(30(25)40)12-10-21-6-8-24(42-5)17-28(21)34/h6-9,16-17,19-20,22,27,29,35H,10-15,18H2,1-5H3,(H,36,37)/t19-,20-,22?,27-,29-/m0/s1. The van der Waals surface area contributed by atoms with Crippen LogP contribution in [0.1, 0.15) is 66.8 Å². The number of aliphatic imine (C=N–C) groups is 1. The zero-order valence-electron chi connectivity index (χ0n) is 25.2. The summed E-state index contributed by atoms with van der Waals surface area (Å²) >= 11 is 0. The van der Waals surface area contributed by atoms with Crippen molar-refractivity contribution in [3.05, 3.63) is 58.9 Å². The second kappa shape index (κ2) is 11.0. The quantitative estimate of drug-likeness (QED) is 0.292. The molecule has 224 valence electrons. The predicted molar refractivity (Wildman–Crippen MR) is 162 cm³/mol. The maximum absolute atomic E-state index is 14.5. The van der Waals surface area contributed by atoms with Gasteiger partial charge in [0.25, 0.3) is 11.8 Å². The molecule has 2 aromatic carbocycles. The Morgan fingerprint density at radius 2 is 1.90 bits per heavy atom. The summed E-state index contributed by atoms with van der Waals surface area (Å²) < 4.78 is 19.5. The van der Waals surface area contributed by atoms with E-state index in [1.807, 2.05) is 6.07 Å². The molecular formula is C33H42FN5O3. The van der Waals surface area contributed by atoms with Crippen LogP contribution in [0.4, 0.5) is 10.1 Å². The van der Waals surface area contributed by atoms with Crippen LogP contribution in [0.15, 0.2) is 41.4 Å². The molecule has 8 nitrogen and oxygen atoms in total. The fraction of sp³-hybridized carbons (Fsp3) is 0.545. The van der Waals surface area contributed by atoms with Crippen molar-refractivity contribution in [1.29, 1.82) is 0 Å². The van der Waals surface area contributed by atoms with E-state index in [2.05, 4.69) is 43.2 Å². The zero-order valence-corrected chi connectivity index (χ0v) is 25.2. The molecular weight excluding hydrogens is 533 g/mol. The van der Waals surface area contributed by atoms with E-state index in [9.17, 15) is 14.0 Å². The van der Waals surface area contributed by atoms with Crippen molar-refractivity contribution in [1.82, 2.24) is 15.1 Å². The second-order valence-electron chi connectivity index (χ2n) is 13.1. The second-order valence-corrected chi connectivity index (χ2v) is 13.1. The average molecular weight is 576 g/mol. The molecule has 2 aliphatic heterocycles. The third-order valence-corrected chi connectivity index (χ3v) is 10.4. The number of nitrogens with one attached hydrogen (secondary N) is 2. The van der Waals surface area contributed by atoms with Gasteiger partial charge >= 0.3 is 0 Å². The number of ether oxygens (including phenoxy) is 1. The number of benzene rings is 2. The first-order valence-electron chi connectivity index (χ1n) is 15.2. The highest BCUT2D eigenvalue weighted by molar-refractivity contribution is 6.22. The number of piperazine rings is 1. The lowest BCUT2D eigenvalue weighted by Crippen LogP contribution is -2.57. The monoisotopic (exact) mass is 575 g/mol. The molecule has 1 unspecified atom stereocenters. The van der Waals surface area contributed by atoms with Gasteiger partial charge in [-0.3, -0.25) is 14.5 Å². The first kappa shape index (κ1) is 28.6. The van der Waals surface area contributed by atoms with E-state index in [4.69, 9.17) is 9.73 Å². The van der Waals surface area contributed by atoms with Crippen molar-refractivity contribution in [2.45, 2.75) is 59.0 Å². The minimum atomic E-state index is -0.417. The topological polar surface area (TPSA) is 86.3 Å². The Bertz CT molecular complexity index is 1420. The molecule has 7 rings (SSSR count). The van der Waals surface area contributed by atoms with E-state index in [1.54, 1.807) is 24.3 Å². The number of nitrogens with zero attached hydrogens (tertiary/aromatic N) is 3. The van der Waals surface area contributed by atoms with E-state index in [0.29, 0.717) is 51.7 Å². The lowest BCUT2D eigenvalue weighted by atomic mass is 9.45. The van der Waals surface area contributed by atoms with Gasteiger partial charge < -0.3 is 20.3 Å². The minimum absolute atomic E-state index is 0.0992. The van der Waals surface area contributed by atoms with E-state index in [1.165, 1.54) is 24.5 Å². The number of methoxy groups -OCH3 is 1. The normalized spacial score (nSPS) is 28.4. The number of imide groups is 1. The third kappa shape index (κ3) is 5.06. The summed E-state index contributed by atoms with van der Waals surface area (Å²) in [5, 5.41) is 7.06. The lowest BCUT2D eigenvalue weighted by Gasteiger charge is -2.61. The molecule has 42 heavy (non-hydrogen) atoms. The Morgan fingerprint density at radius 3 is 2.60 bits per heavy atom. The number of carbonyl (C=O) groups is 2. The molecule has 0 aromatic heterocycles. The van der Waals surface area contributed by atoms with Crippen LogP contribution in [0.2, 0.25) is 0 Å². The first-order valence-corrected chi connectivity index (χ1v) is 15.2. The molecule has 0 radical (unpaired) electrons. The highest BCUT2D eigenvalue weighted by Gasteiger charge is 2.56. The summed E-state index contributed by atoms with van der Waals surface area (Å²) in [6.45, 7) is 12.0. The van der Waals surface area contributed by atoms with E-state index in [0.717, 1.165) is 37.7 Å². The number of fused-ring (bicyclic) bond motifs is 3. The molecule has 2 amide bonds. The van der Waals surface area contributed by atoms with E-state index < -0.39 is 5.82 Å². The highest BCUT2D eigenvalue weighted by atomic mass is 19.1. The van der Waals surface area contributed by atoms with Crippen molar-refractivity contribution in [2.75, 3.05) is 38.6 Å². The van der Waals surface area contributed by atoms with Gasteiger partial charge in [-0.05, 0) is 79.2 Å². The van der Waals surface area contributed by atoms with Gasteiger partial charge in [-0.25, -0.2) is 9.38 Å². The number of anilines is 1. The molecule has 1 saturated heterocycles. The Morgan fingerprint density at radius 1 is 1.12 bits per heavy atom. The smallest absolute Gasteiger partial charge is 0.261 e. The summed E-state index contributed by atoms with van der Waals surface area (Å²) in [5.41, 5.74) is 2.29. The van der Waals surface area contributed by atoms with Crippen LogP contribution in [-0.4, -0.2) is 72.9 Å². The van der Waals surface area contributed by atoms with Gasteiger partial charge in [0.15, 0.2) is 5.96 Å². The third-order valence-electron chi connectivity index (χ3n) is 10.4. The molecule has 5 atom stereocenters. The highest BCUT2D eigenvalue weighted by Crippen LogP contribution is 2.61. The first-order chi connectivity index (χ1) is 20.1. The SMILES string of the molecule is COc1ccc(CCN2C(=O)c3ccc(NC(=N[C@H]4CC5C[C@@H]([C@@H]4C)C5(C)C)N4CCN[C@@H](C)C4)cc3C2=O)c(F)c1. The summed E-state index contributed by atoms with van der Waals surface area (Å²) in [5.74, 6) is 2.04. The number of carbonyl (C=O) groups excluding carboxylic acids is 2. The summed E-state index contributed by atoms with van der Waals surface area (Å²) in [6.07, 6.45) is 2.62. The number of hydrogen-bond acceptors (Lipinski definition) is 5. The molecule has 9 heteroatoms. The maximum Gasteiger partial charge on any atom is 0.261 e. The molecule has 2 bridgehead atoms. The number of amides is 2. The van der Waals surface area contributed by atoms with Crippen molar-refractivity contribution >= 4 is 23.5 Å². The van der Waals surface area contributed by atoms with Crippen LogP contribution in [-0.2, 0) is 6.42 Å². The van der Waals surface area contributed by atoms with Gasteiger partial charge in [0.2, 0.25) is 0 Å². The molecule has 5 aliphatic rings. The Balaban J connectivity index is 1.21. The van der Waals surface area contributed by atoms with Gasteiger partial charge in [0.05, 0.1) is 24.3 Å². The van der Waals surface area contributed by atoms with Crippen LogP contribution < -0.4 is 15.4 Å². The predicted octanol–water partition coefficient (Wildman–Crippen LogP) is 4.81. The Kier molecular flexibility index (Phi) is 7.50. The van der Waals surface area contributed by atoms with Crippen molar-refractivity contribution < 1.29 is 18.7 Å². The van der Waals surface area contributed by atoms with Gasteiger partial charge in [0, 0.05) is 44.0 Å². The summed E-state index contributed by atoms with van der Waals surface area (Å²) in [6, 6.07) is 10.5. The van der Waals surface area contributed by atoms with Crippen LogP contribution in [0.3, 0.4) is 0 Å². The van der Waals surface area contributed by atoms with Crippen LogP contribution in [0.25, 0.3) is 0 Å². The van der Waals surface area contributed by atoms with Crippen molar-refractivity contribution in [3.63, 3.8) is 0 Å². The molecule has 4 fully saturated rings. The summed E-state index contributed by atoms with van der Waals surface area (Å²) in [7, 11) is 1.48. The van der Waals surface area contributed by atoms with Crippen molar-refractivity contribution in [3.8, 4) is 5.75 Å². The maximum atomic E-state index is 14.5. The van der Waals surface area contributed by atoms with Crippen LogP contribution >= 0.6 is 0 Å². The van der Waals surface area contributed by atoms with Gasteiger partial charge in [0.1, 0.15) is 11.6 Å². The molecule has 0 spiro atoms. The lowest BCUT2D eigenvalue weighted by molar-refractivity contribution is -0.108. The zero-order chi connectivity index (χ0) is 29.8. The summed E-state index contributed by atoms with van der Waals surface area (Å²) in [4.78, 5) is 35.4. The van der Waals surface area contributed by atoms with Crippen LogP contribution in [0.5, 0.6) is 5.75 Å². The van der Waals surface area contributed by atoms with Gasteiger partial charge in [-0.15, -0.1) is 0 Å². The number of rotatable bonds is 6. The van der Waals surface area contributed by atoms with Crippen molar-refractivity contribution in [2.24, 2.45) is 28.2 Å². The average Bonchev–Trinajstić information content (AvgIpc) is 3.20. The van der Waals surface area contributed by atoms with Crippen LogP contribution in [0, 0.1) is 29.0 Å². The van der Waals surface area contributed by atoms with Gasteiger partial charge in [-0.2, -0.15) is 0 Å². The van der Waals surface area contributed by atoms with E-state index in [-0.39, 0.29) is 30.8 Å². The minimum Gasteiger partial charge on any atom is -0.497 e. The molecule has 2 aromatic rings. The molecule has 3 saturated carbocycles. The molecule has 2 heterocycles. The van der Waals surface area contributed by atoms with Gasteiger partial charge in [-0.1, -0.05) is 26.8 Å². The fourth-order valence-corrected chi connectivity index (χ4v) is 7.56. The number of guanidine groups is 1. The largest absolute Gasteiger partial charge is 0.497 e. The molecule has 3 aliphatic carbocycles. The number of hydrogen-bond donors (Lipinski definition) is 2. The number of halogens is 1. The Hall–Kier alpha value is -3.46. The van der Waals surface area contributed by atoms with E-state index >= 15 is 0 Å². The molecule has 2 N–H and O–H groups in total. The fourth-order valence-electron chi connectivity index (χ4n) is 7.56.